The second-order valence-electron chi connectivity index (χ2n) is 3.37. The van der Waals surface area contributed by atoms with Crippen molar-refractivity contribution in [1.82, 2.24) is 0 Å². The van der Waals surface area contributed by atoms with Gasteiger partial charge >= 0.3 is 0 Å². The van der Waals surface area contributed by atoms with E-state index < -0.39 is 0 Å². The monoisotopic (exact) mass is 192 g/mol. The van der Waals surface area contributed by atoms with Gasteiger partial charge in [0.2, 0.25) is 5.91 Å². The van der Waals surface area contributed by atoms with Crippen LogP contribution >= 0.6 is 0 Å². The molecule has 3 N–H and O–H groups in total. The Morgan fingerprint density at radius 2 is 2.21 bits per heavy atom. The molecule has 3 heteroatoms. The van der Waals surface area contributed by atoms with Gasteiger partial charge in [-0.05, 0) is 37.1 Å². The Morgan fingerprint density at radius 3 is 2.79 bits per heavy atom. The quantitative estimate of drug-likeness (QED) is 0.722. The van der Waals surface area contributed by atoms with Crippen LogP contribution in [0.4, 0.5) is 11.4 Å². The van der Waals surface area contributed by atoms with Crippen LogP contribution in [-0.2, 0) is 4.79 Å². The minimum absolute atomic E-state index is 0.0559. The zero-order valence-electron chi connectivity index (χ0n) is 8.63. The molecule has 0 aromatic heterocycles. The van der Waals surface area contributed by atoms with E-state index in [1.54, 1.807) is 6.07 Å². The number of aryl methyl sites for hydroxylation is 1. The number of rotatable bonds is 3. The summed E-state index contributed by atoms with van der Waals surface area (Å²) in [6.45, 7) is 3.91. The topological polar surface area (TPSA) is 55.1 Å². The molecule has 76 valence electrons. The Kier molecular flexibility index (Phi) is 3.51. The average molecular weight is 192 g/mol. The predicted octanol–water partition coefficient (Wildman–Crippen LogP) is 2.32. The zero-order chi connectivity index (χ0) is 10.6. The van der Waals surface area contributed by atoms with E-state index in [2.05, 4.69) is 5.32 Å². The highest BCUT2D eigenvalue weighted by Crippen LogP contribution is 2.17. The molecule has 14 heavy (non-hydrogen) atoms. The van der Waals surface area contributed by atoms with Gasteiger partial charge in [0.1, 0.15) is 0 Å². The van der Waals surface area contributed by atoms with E-state index in [0.29, 0.717) is 6.42 Å². The highest BCUT2D eigenvalue weighted by Gasteiger charge is 2.03. The number of nitrogen functional groups attached to an aromatic ring is 1. The Labute approximate surface area is 84.3 Å². The van der Waals surface area contributed by atoms with Gasteiger partial charge in [0.25, 0.3) is 0 Å². The fourth-order valence-electron chi connectivity index (χ4n) is 1.27. The molecule has 1 aromatic rings. The smallest absolute Gasteiger partial charge is 0.224 e. The van der Waals surface area contributed by atoms with Gasteiger partial charge in [0, 0.05) is 17.8 Å². The van der Waals surface area contributed by atoms with Crippen molar-refractivity contribution in [2.45, 2.75) is 26.7 Å². The summed E-state index contributed by atoms with van der Waals surface area (Å²) in [7, 11) is 0. The number of carbonyl (C=O) groups excluding carboxylic acids is 1. The molecule has 1 amide bonds. The van der Waals surface area contributed by atoms with E-state index in [9.17, 15) is 4.79 Å². The molecule has 0 heterocycles. The minimum atomic E-state index is 0.0559. The molecule has 0 spiro atoms. The van der Waals surface area contributed by atoms with Crippen molar-refractivity contribution in [2.24, 2.45) is 0 Å². The summed E-state index contributed by atoms with van der Waals surface area (Å²) in [6.07, 6.45) is 1.42. The van der Waals surface area contributed by atoms with Gasteiger partial charge in [-0.2, -0.15) is 0 Å². The molecule has 1 rings (SSSR count). The van der Waals surface area contributed by atoms with Crippen LogP contribution in [0, 0.1) is 6.92 Å². The second-order valence-corrected chi connectivity index (χ2v) is 3.37. The van der Waals surface area contributed by atoms with Crippen molar-refractivity contribution < 1.29 is 4.79 Å². The van der Waals surface area contributed by atoms with E-state index in [1.165, 1.54) is 0 Å². The maximum atomic E-state index is 11.3. The zero-order valence-corrected chi connectivity index (χ0v) is 8.63. The van der Waals surface area contributed by atoms with Crippen molar-refractivity contribution in [3.05, 3.63) is 23.8 Å². The first-order chi connectivity index (χ1) is 6.63. The molecule has 0 aliphatic rings. The first-order valence-corrected chi connectivity index (χ1v) is 4.79. The number of benzene rings is 1. The Balaban J connectivity index is 2.72. The van der Waals surface area contributed by atoms with Crippen LogP contribution in [0.15, 0.2) is 18.2 Å². The molecule has 0 radical (unpaired) electrons. The molecular formula is C11H16N2O. The van der Waals surface area contributed by atoms with Gasteiger partial charge in [0.05, 0.1) is 0 Å². The van der Waals surface area contributed by atoms with Crippen LogP contribution in [0.5, 0.6) is 0 Å². The lowest BCUT2D eigenvalue weighted by Crippen LogP contribution is -2.11. The van der Waals surface area contributed by atoms with E-state index >= 15 is 0 Å². The summed E-state index contributed by atoms with van der Waals surface area (Å²) >= 11 is 0. The lowest BCUT2D eigenvalue weighted by atomic mass is 10.1. The van der Waals surface area contributed by atoms with E-state index in [4.69, 9.17) is 5.73 Å². The van der Waals surface area contributed by atoms with Gasteiger partial charge in [-0.1, -0.05) is 6.92 Å². The highest BCUT2D eigenvalue weighted by atomic mass is 16.1. The van der Waals surface area contributed by atoms with E-state index in [0.717, 1.165) is 23.4 Å². The summed E-state index contributed by atoms with van der Waals surface area (Å²) in [5, 5.41) is 2.84. The van der Waals surface area contributed by atoms with E-state index in [-0.39, 0.29) is 5.91 Å². The van der Waals surface area contributed by atoms with Gasteiger partial charge < -0.3 is 11.1 Å². The summed E-state index contributed by atoms with van der Waals surface area (Å²) < 4.78 is 0. The number of nitrogens with two attached hydrogens (primary N) is 1. The summed E-state index contributed by atoms with van der Waals surface area (Å²) in [5.74, 6) is 0.0559. The number of nitrogens with one attached hydrogen (secondary N) is 1. The van der Waals surface area contributed by atoms with Crippen molar-refractivity contribution >= 4 is 17.3 Å². The fourth-order valence-corrected chi connectivity index (χ4v) is 1.27. The van der Waals surface area contributed by atoms with Gasteiger partial charge in [-0.3, -0.25) is 4.79 Å². The molecule has 0 saturated carbocycles. The molecule has 0 aliphatic heterocycles. The SMILES string of the molecule is CCCC(=O)Nc1ccc(N)cc1C. The Hall–Kier alpha value is -1.51. The number of amides is 1. The van der Waals surface area contributed by atoms with Gasteiger partial charge in [0.15, 0.2) is 0 Å². The van der Waals surface area contributed by atoms with Gasteiger partial charge in [-0.25, -0.2) is 0 Å². The molecule has 0 aliphatic carbocycles. The molecule has 0 unspecified atom stereocenters. The molecule has 0 fully saturated rings. The largest absolute Gasteiger partial charge is 0.399 e. The maximum absolute atomic E-state index is 11.3. The summed E-state index contributed by atoms with van der Waals surface area (Å²) in [4.78, 5) is 11.3. The van der Waals surface area contributed by atoms with Crippen molar-refractivity contribution in [1.29, 1.82) is 0 Å². The standard InChI is InChI=1S/C11H16N2O/c1-3-4-11(14)13-10-6-5-9(12)7-8(10)2/h5-7H,3-4,12H2,1-2H3,(H,13,14). The first-order valence-electron chi connectivity index (χ1n) is 4.79. The third kappa shape index (κ3) is 2.76. The Morgan fingerprint density at radius 1 is 1.50 bits per heavy atom. The third-order valence-corrected chi connectivity index (χ3v) is 2.00. The average Bonchev–Trinajstić information content (AvgIpc) is 2.10. The van der Waals surface area contributed by atoms with E-state index in [1.807, 2.05) is 26.0 Å². The molecule has 1 aromatic carbocycles. The summed E-state index contributed by atoms with van der Waals surface area (Å²) in [6, 6.07) is 5.47. The van der Waals surface area contributed by atoms with Crippen LogP contribution in [0.2, 0.25) is 0 Å². The second kappa shape index (κ2) is 4.65. The number of hydrogen-bond acceptors (Lipinski definition) is 2. The van der Waals surface area contributed by atoms with Crippen molar-refractivity contribution in [2.75, 3.05) is 11.1 Å². The molecule has 3 nitrogen and oxygen atoms in total. The number of anilines is 2. The van der Waals surface area contributed by atoms with Gasteiger partial charge in [-0.15, -0.1) is 0 Å². The lowest BCUT2D eigenvalue weighted by Gasteiger charge is -2.08. The molecule has 0 atom stereocenters. The molecular weight excluding hydrogens is 176 g/mol. The third-order valence-electron chi connectivity index (χ3n) is 2.00. The molecule has 0 saturated heterocycles. The van der Waals surface area contributed by atoms with Crippen LogP contribution < -0.4 is 11.1 Å². The van der Waals surface area contributed by atoms with Crippen molar-refractivity contribution in [3.63, 3.8) is 0 Å². The van der Waals surface area contributed by atoms with Crippen LogP contribution in [-0.4, -0.2) is 5.91 Å². The van der Waals surface area contributed by atoms with Crippen LogP contribution in [0.1, 0.15) is 25.3 Å². The molecule has 0 bridgehead atoms. The number of carbonyl (C=O) groups is 1. The Bertz CT molecular complexity index is 334. The minimum Gasteiger partial charge on any atom is -0.399 e. The highest BCUT2D eigenvalue weighted by molar-refractivity contribution is 5.91. The normalized spacial score (nSPS) is 9.86. The first kappa shape index (κ1) is 10.6. The maximum Gasteiger partial charge on any atom is 0.224 e. The summed E-state index contributed by atoms with van der Waals surface area (Å²) in [5.41, 5.74) is 8.16. The fraction of sp³-hybridized carbons (Fsp3) is 0.364. The van der Waals surface area contributed by atoms with Crippen LogP contribution in [0.25, 0.3) is 0 Å². The predicted molar refractivity (Wildman–Crippen MR) is 59.1 cm³/mol. The van der Waals surface area contributed by atoms with Crippen molar-refractivity contribution in [3.8, 4) is 0 Å². The lowest BCUT2D eigenvalue weighted by molar-refractivity contribution is -0.116. The number of hydrogen-bond donors (Lipinski definition) is 2. The van der Waals surface area contributed by atoms with Crippen LogP contribution in [0.3, 0.4) is 0 Å².